The molecule has 2 aromatic rings. The molecule has 1 aliphatic carbocycles. The van der Waals surface area contributed by atoms with E-state index in [0.717, 1.165) is 42.7 Å². The normalized spacial score (nSPS) is 16.4. The Bertz CT molecular complexity index is 849. The smallest absolute Gasteiger partial charge is 0.254 e. The number of amides is 1. The number of ether oxygens (including phenoxy) is 2. The third kappa shape index (κ3) is 4.02. The third-order valence-corrected chi connectivity index (χ3v) is 5.97. The first-order chi connectivity index (χ1) is 13.1. The van der Waals surface area contributed by atoms with Crippen LogP contribution < -0.4 is 9.47 Å². The molecule has 1 amide bonds. The highest BCUT2D eigenvalue weighted by Crippen LogP contribution is 2.34. The van der Waals surface area contributed by atoms with Gasteiger partial charge in [-0.3, -0.25) is 4.79 Å². The lowest BCUT2D eigenvalue weighted by molar-refractivity contribution is 0.0614. The molecule has 0 spiro atoms. The third-order valence-electron chi connectivity index (χ3n) is 5.23. The van der Waals surface area contributed by atoms with Crippen LogP contribution in [0.2, 0.25) is 10.0 Å². The van der Waals surface area contributed by atoms with E-state index in [1.54, 1.807) is 18.2 Å². The van der Waals surface area contributed by atoms with E-state index in [4.69, 9.17) is 32.7 Å². The van der Waals surface area contributed by atoms with Crippen molar-refractivity contribution in [1.29, 1.82) is 0 Å². The van der Waals surface area contributed by atoms with Gasteiger partial charge in [0.15, 0.2) is 11.5 Å². The Balaban J connectivity index is 1.61. The zero-order valence-electron chi connectivity index (χ0n) is 14.9. The van der Waals surface area contributed by atoms with Gasteiger partial charge in [0.05, 0.1) is 10.0 Å². The number of halogens is 2. The van der Waals surface area contributed by atoms with Crippen LogP contribution in [0, 0.1) is 0 Å². The number of nitrogens with zero attached hydrogens (tertiary/aromatic N) is 1. The van der Waals surface area contributed by atoms with Crippen LogP contribution >= 0.6 is 23.2 Å². The number of fused-ring (bicyclic) bond motifs is 1. The SMILES string of the molecule is O=C(c1ccc(Cl)c(Cl)c1)N(Cc1ccc2c(c1)OCO2)C1CCCCC1. The van der Waals surface area contributed by atoms with E-state index in [1.165, 1.54) is 6.42 Å². The van der Waals surface area contributed by atoms with Gasteiger partial charge in [0.25, 0.3) is 5.91 Å². The first-order valence-corrected chi connectivity index (χ1v) is 10.0. The molecule has 4 rings (SSSR count). The average molecular weight is 406 g/mol. The molecule has 0 atom stereocenters. The average Bonchev–Trinajstić information content (AvgIpc) is 3.16. The lowest BCUT2D eigenvalue weighted by atomic mass is 9.93. The molecule has 142 valence electrons. The van der Waals surface area contributed by atoms with Crippen LogP contribution in [0.4, 0.5) is 0 Å². The summed E-state index contributed by atoms with van der Waals surface area (Å²) in [6, 6.07) is 11.2. The molecule has 1 saturated carbocycles. The van der Waals surface area contributed by atoms with Crippen molar-refractivity contribution >= 4 is 29.1 Å². The molecule has 0 N–H and O–H groups in total. The fourth-order valence-electron chi connectivity index (χ4n) is 3.79. The molecule has 1 fully saturated rings. The van der Waals surface area contributed by atoms with E-state index in [0.29, 0.717) is 22.2 Å². The van der Waals surface area contributed by atoms with Gasteiger partial charge in [0, 0.05) is 18.2 Å². The summed E-state index contributed by atoms with van der Waals surface area (Å²) in [4.78, 5) is 15.3. The Kier molecular flexibility index (Phi) is 5.46. The lowest BCUT2D eigenvalue weighted by Gasteiger charge is -2.34. The molecule has 4 nitrogen and oxygen atoms in total. The van der Waals surface area contributed by atoms with E-state index in [-0.39, 0.29) is 18.7 Å². The van der Waals surface area contributed by atoms with Crippen molar-refractivity contribution in [3.05, 3.63) is 57.6 Å². The maximum atomic E-state index is 13.3. The molecule has 1 heterocycles. The number of hydrogen-bond donors (Lipinski definition) is 0. The molecule has 0 aromatic heterocycles. The molecule has 0 bridgehead atoms. The largest absolute Gasteiger partial charge is 0.454 e. The Hall–Kier alpha value is -1.91. The minimum absolute atomic E-state index is 0.0156. The van der Waals surface area contributed by atoms with Crippen molar-refractivity contribution in [3.8, 4) is 11.5 Å². The molecule has 0 saturated heterocycles. The summed E-state index contributed by atoms with van der Waals surface area (Å²) in [6.45, 7) is 0.772. The van der Waals surface area contributed by atoms with E-state index in [2.05, 4.69) is 0 Å². The van der Waals surface area contributed by atoms with Gasteiger partial charge >= 0.3 is 0 Å². The maximum Gasteiger partial charge on any atom is 0.254 e. The Labute approximate surface area is 169 Å². The topological polar surface area (TPSA) is 38.8 Å². The quantitative estimate of drug-likeness (QED) is 0.654. The standard InChI is InChI=1S/C21H21Cl2NO3/c22-17-8-7-15(11-18(17)23)21(25)24(16-4-2-1-3-5-16)12-14-6-9-19-20(10-14)27-13-26-19/h6-11,16H,1-5,12-13H2. The van der Waals surface area contributed by atoms with Gasteiger partial charge in [0.2, 0.25) is 6.79 Å². The van der Waals surface area contributed by atoms with Crippen LogP contribution in [0.15, 0.2) is 36.4 Å². The molecule has 2 aliphatic rings. The number of rotatable bonds is 4. The van der Waals surface area contributed by atoms with Crippen LogP contribution in [0.5, 0.6) is 11.5 Å². The van der Waals surface area contributed by atoms with Crippen molar-refractivity contribution in [3.63, 3.8) is 0 Å². The molecule has 0 radical (unpaired) electrons. The van der Waals surface area contributed by atoms with Crippen LogP contribution in [-0.4, -0.2) is 23.6 Å². The van der Waals surface area contributed by atoms with Crippen molar-refractivity contribution in [2.75, 3.05) is 6.79 Å². The van der Waals surface area contributed by atoms with E-state index >= 15 is 0 Å². The van der Waals surface area contributed by atoms with Crippen LogP contribution in [-0.2, 0) is 6.54 Å². The first kappa shape index (κ1) is 18.5. The second-order valence-electron chi connectivity index (χ2n) is 7.04. The zero-order chi connectivity index (χ0) is 18.8. The molecule has 27 heavy (non-hydrogen) atoms. The van der Waals surface area contributed by atoms with Crippen molar-refractivity contribution in [2.45, 2.75) is 44.7 Å². The van der Waals surface area contributed by atoms with Gasteiger partial charge in [-0.25, -0.2) is 0 Å². The first-order valence-electron chi connectivity index (χ1n) is 9.26. The predicted molar refractivity (Wildman–Crippen MR) is 106 cm³/mol. The van der Waals surface area contributed by atoms with Gasteiger partial charge < -0.3 is 14.4 Å². The fourth-order valence-corrected chi connectivity index (χ4v) is 4.09. The van der Waals surface area contributed by atoms with E-state index in [9.17, 15) is 4.79 Å². The minimum atomic E-state index is -0.0156. The van der Waals surface area contributed by atoms with Crippen molar-refractivity contribution < 1.29 is 14.3 Å². The number of hydrogen-bond acceptors (Lipinski definition) is 3. The molecule has 0 unspecified atom stereocenters. The fraction of sp³-hybridized carbons (Fsp3) is 0.381. The van der Waals surface area contributed by atoms with Gasteiger partial charge in [-0.1, -0.05) is 48.5 Å². The number of benzene rings is 2. The van der Waals surface area contributed by atoms with E-state index < -0.39 is 0 Å². The number of carbonyl (C=O) groups excluding carboxylic acids is 1. The maximum absolute atomic E-state index is 13.3. The molecule has 2 aromatic carbocycles. The van der Waals surface area contributed by atoms with Gasteiger partial charge in [0.1, 0.15) is 0 Å². The lowest BCUT2D eigenvalue weighted by Crippen LogP contribution is -2.41. The zero-order valence-corrected chi connectivity index (χ0v) is 16.4. The number of carbonyl (C=O) groups is 1. The summed E-state index contributed by atoms with van der Waals surface area (Å²) in [6.07, 6.45) is 5.58. The van der Waals surface area contributed by atoms with Gasteiger partial charge in [-0.2, -0.15) is 0 Å². The molecular weight excluding hydrogens is 385 g/mol. The summed E-state index contributed by atoms with van der Waals surface area (Å²) >= 11 is 12.2. The highest BCUT2D eigenvalue weighted by molar-refractivity contribution is 6.42. The predicted octanol–water partition coefficient (Wildman–Crippen LogP) is 5.70. The van der Waals surface area contributed by atoms with E-state index in [1.807, 2.05) is 23.1 Å². The summed E-state index contributed by atoms with van der Waals surface area (Å²) in [7, 11) is 0. The Morgan fingerprint density at radius 3 is 2.52 bits per heavy atom. The van der Waals surface area contributed by atoms with Crippen LogP contribution in [0.1, 0.15) is 48.0 Å². The van der Waals surface area contributed by atoms with Crippen LogP contribution in [0.3, 0.4) is 0 Å². The highest BCUT2D eigenvalue weighted by Gasteiger charge is 2.27. The Morgan fingerprint density at radius 1 is 0.963 bits per heavy atom. The summed E-state index contributed by atoms with van der Waals surface area (Å²) in [5.74, 6) is 1.47. The van der Waals surface area contributed by atoms with Crippen molar-refractivity contribution in [1.82, 2.24) is 4.90 Å². The second kappa shape index (κ2) is 7.99. The van der Waals surface area contributed by atoms with Gasteiger partial charge in [-0.15, -0.1) is 0 Å². The summed E-state index contributed by atoms with van der Waals surface area (Å²) < 4.78 is 10.9. The monoisotopic (exact) mass is 405 g/mol. The molecule has 1 aliphatic heterocycles. The Morgan fingerprint density at radius 2 is 1.74 bits per heavy atom. The summed E-state index contributed by atoms with van der Waals surface area (Å²) in [5, 5.41) is 0.849. The van der Waals surface area contributed by atoms with Gasteiger partial charge in [-0.05, 0) is 48.7 Å². The van der Waals surface area contributed by atoms with Crippen molar-refractivity contribution in [2.24, 2.45) is 0 Å². The summed E-state index contributed by atoms with van der Waals surface area (Å²) in [5.41, 5.74) is 1.59. The molecule has 6 heteroatoms. The second-order valence-corrected chi connectivity index (χ2v) is 7.86. The highest BCUT2D eigenvalue weighted by atomic mass is 35.5. The van der Waals surface area contributed by atoms with Crippen LogP contribution in [0.25, 0.3) is 0 Å². The molecular formula is C21H21Cl2NO3. The minimum Gasteiger partial charge on any atom is -0.454 e.